The first-order valence-corrected chi connectivity index (χ1v) is 11.2. The van der Waals surface area contributed by atoms with Crippen molar-refractivity contribution >= 4 is 27.3 Å². The lowest BCUT2D eigenvalue weighted by Crippen LogP contribution is -2.31. The molecule has 0 aliphatic carbocycles. The molecule has 2 N–H and O–H groups in total. The smallest absolute Gasteiger partial charge is 0.286 e. The molecule has 0 aromatic heterocycles. The van der Waals surface area contributed by atoms with E-state index < -0.39 is 26.5 Å². The largest absolute Gasteiger partial charge is 0.493 e. The van der Waals surface area contributed by atoms with Crippen LogP contribution in [0.3, 0.4) is 0 Å². The number of hydrogen-bond acceptors (Lipinski definition) is 8. The summed E-state index contributed by atoms with van der Waals surface area (Å²) in [4.78, 5) is 23.4. The van der Waals surface area contributed by atoms with Gasteiger partial charge in [-0.3, -0.25) is 14.9 Å². The third kappa shape index (κ3) is 5.33. The Hall–Kier alpha value is -3.22. The second-order valence-corrected chi connectivity index (χ2v) is 8.71. The fourth-order valence-corrected chi connectivity index (χ4v) is 4.27. The summed E-state index contributed by atoms with van der Waals surface area (Å²) in [7, 11) is -1.07. The quantitative estimate of drug-likeness (QED) is 0.424. The molecule has 1 unspecified atom stereocenters. The number of nitro benzene ring substituents is 1. The number of methoxy groups -OCH3 is 2. The summed E-state index contributed by atoms with van der Waals surface area (Å²) in [5.74, 6) is -0.493. The number of benzene rings is 2. The highest BCUT2D eigenvalue weighted by Crippen LogP contribution is 2.34. The summed E-state index contributed by atoms with van der Waals surface area (Å²) in [5, 5.41) is 13.9. The molecule has 0 radical (unpaired) electrons. The number of ether oxygens (including phenoxy) is 3. The summed E-state index contributed by atoms with van der Waals surface area (Å²) >= 11 is 0. The Bertz CT molecular complexity index is 1100. The first-order valence-electron chi connectivity index (χ1n) is 9.68. The van der Waals surface area contributed by atoms with Gasteiger partial charge in [-0.1, -0.05) is 0 Å². The second-order valence-electron chi connectivity index (χ2n) is 6.95. The predicted molar refractivity (Wildman–Crippen MR) is 115 cm³/mol. The average molecular weight is 465 g/mol. The van der Waals surface area contributed by atoms with Crippen LogP contribution >= 0.6 is 0 Å². The molecule has 3 rings (SSSR count). The van der Waals surface area contributed by atoms with Gasteiger partial charge in [-0.05, 0) is 37.1 Å². The third-order valence-corrected chi connectivity index (χ3v) is 6.33. The molecular weight excluding hydrogens is 442 g/mol. The SMILES string of the molecule is COc1cc(C(=O)Nc2ccc(S(=O)(=O)NCC3CCCO3)cc2)c([N+](=O)[O-])cc1OC. The van der Waals surface area contributed by atoms with E-state index in [1.165, 1.54) is 44.6 Å². The number of nitrogens with zero attached hydrogens (tertiary/aromatic N) is 1. The highest BCUT2D eigenvalue weighted by Gasteiger charge is 2.25. The van der Waals surface area contributed by atoms with E-state index in [2.05, 4.69) is 10.0 Å². The summed E-state index contributed by atoms with van der Waals surface area (Å²) in [6, 6.07) is 7.76. The van der Waals surface area contributed by atoms with Crippen LogP contribution in [0.15, 0.2) is 41.3 Å². The Morgan fingerprint density at radius 2 is 1.84 bits per heavy atom. The Morgan fingerprint density at radius 3 is 2.41 bits per heavy atom. The van der Waals surface area contributed by atoms with Crippen molar-refractivity contribution in [3.63, 3.8) is 0 Å². The average Bonchev–Trinajstić information content (AvgIpc) is 3.31. The number of amides is 1. The van der Waals surface area contributed by atoms with Gasteiger partial charge in [0.25, 0.3) is 11.6 Å². The standard InChI is InChI=1S/C20H23N3O8S/c1-29-18-10-16(17(23(25)26)11-19(18)30-2)20(24)22-13-5-7-15(8-6-13)32(27,28)21-12-14-4-3-9-31-14/h5-8,10-11,14,21H,3-4,9,12H2,1-2H3,(H,22,24). The Morgan fingerprint density at radius 1 is 1.19 bits per heavy atom. The van der Waals surface area contributed by atoms with Gasteiger partial charge in [0.05, 0.1) is 36.2 Å². The minimum Gasteiger partial charge on any atom is -0.493 e. The van der Waals surface area contributed by atoms with Gasteiger partial charge in [-0.2, -0.15) is 0 Å². The molecule has 11 nitrogen and oxygen atoms in total. The zero-order valence-electron chi connectivity index (χ0n) is 17.5. The Kier molecular flexibility index (Phi) is 7.28. The van der Waals surface area contributed by atoms with Crippen LogP contribution in [0.4, 0.5) is 11.4 Å². The molecule has 1 aliphatic heterocycles. The van der Waals surface area contributed by atoms with Gasteiger partial charge in [-0.15, -0.1) is 0 Å². The predicted octanol–water partition coefficient (Wildman–Crippen LogP) is 2.32. The summed E-state index contributed by atoms with van der Waals surface area (Å²) in [6.07, 6.45) is 1.56. The number of sulfonamides is 1. The van der Waals surface area contributed by atoms with Crippen molar-refractivity contribution in [3.8, 4) is 11.5 Å². The molecule has 172 valence electrons. The van der Waals surface area contributed by atoms with Crippen LogP contribution in [-0.4, -0.2) is 52.7 Å². The first-order chi connectivity index (χ1) is 15.2. The zero-order valence-corrected chi connectivity index (χ0v) is 18.3. The number of carbonyl (C=O) groups is 1. The summed E-state index contributed by atoms with van der Waals surface area (Å²) < 4.78 is 43.0. The fraction of sp³-hybridized carbons (Fsp3) is 0.350. The molecule has 1 saturated heterocycles. The number of anilines is 1. The Balaban J connectivity index is 1.75. The minimum atomic E-state index is -3.74. The second kappa shape index (κ2) is 9.94. The number of hydrogen-bond donors (Lipinski definition) is 2. The highest BCUT2D eigenvalue weighted by atomic mass is 32.2. The maximum Gasteiger partial charge on any atom is 0.286 e. The maximum atomic E-state index is 12.7. The van der Waals surface area contributed by atoms with E-state index in [1.54, 1.807) is 0 Å². The lowest BCUT2D eigenvalue weighted by molar-refractivity contribution is -0.385. The van der Waals surface area contributed by atoms with E-state index in [4.69, 9.17) is 14.2 Å². The molecule has 1 fully saturated rings. The molecule has 2 aromatic rings. The van der Waals surface area contributed by atoms with E-state index in [-0.39, 0.29) is 40.3 Å². The first kappa shape index (κ1) is 23.4. The van der Waals surface area contributed by atoms with Crippen molar-refractivity contribution in [3.05, 3.63) is 52.1 Å². The number of rotatable bonds is 9. The zero-order chi connectivity index (χ0) is 23.3. The van der Waals surface area contributed by atoms with E-state index in [0.29, 0.717) is 6.61 Å². The molecule has 2 aromatic carbocycles. The van der Waals surface area contributed by atoms with E-state index >= 15 is 0 Å². The van der Waals surface area contributed by atoms with Crippen molar-refractivity contribution in [1.29, 1.82) is 0 Å². The lowest BCUT2D eigenvalue weighted by atomic mass is 10.1. The van der Waals surface area contributed by atoms with Crippen LogP contribution in [0, 0.1) is 10.1 Å². The molecule has 32 heavy (non-hydrogen) atoms. The number of nitro groups is 1. The van der Waals surface area contributed by atoms with E-state index in [0.717, 1.165) is 18.9 Å². The molecule has 1 aliphatic rings. The van der Waals surface area contributed by atoms with Gasteiger partial charge in [0.15, 0.2) is 11.5 Å². The van der Waals surface area contributed by atoms with Gasteiger partial charge in [0, 0.05) is 24.9 Å². The van der Waals surface area contributed by atoms with Crippen LogP contribution < -0.4 is 19.5 Å². The van der Waals surface area contributed by atoms with Crippen molar-refractivity contribution in [2.45, 2.75) is 23.8 Å². The van der Waals surface area contributed by atoms with Crippen molar-refractivity contribution < 1.29 is 32.3 Å². The summed E-state index contributed by atoms with van der Waals surface area (Å²) in [5.41, 5.74) is -0.433. The normalized spacial score (nSPS) is 15.9. The van der Waals surface area contributed by atoms with Crippen molar-refractivity contribution in [2.75, 3.05) is 32.7 Å². The van der Waals surface area contributed by atoms with Crippen LogP contribution in [-0.2, 0) is 14.8 Å². The van der Waals surface area contributed by atoms with Crippen LogP contribution in [0.2, 0.25) is 0 Å². The highest BCUT2D eigenvalue weighted by molar-refractivity contribution is 7.89. The third-order valence-electron chi connectivity index (χ3n) is 4.89. The van der Waals surface area contributed by atoms with Crippen LogP contribution in [0.25, 0.3) is 0 Å². The molecule has 1 atom stereocenters. The van der Waals surface area contributed by atoms with Gasteiger partial charge in [0.1, 0.15) is 5.56 Å². The van der Waals surface area contributed by atoms with E-state index in [9.17, 15) is 23.3 Å². The molecule has 1 heterocycles. The maximum absolute atomic E-state index is 12.7. The van der Waals surface area contributed by atoms with Crippen molar-refractivity contribution in [2.24, 2.45) is 0 Å². The van der Waals surface area contributed by atoms with Gasteiger partial charge in [0.2, 0.25) is 10.0 Å². The summed E-state index contributed by atoms with van der Waals surface area (Å²) in [6.45, 7) is 0.808. The molecule has 1 amide bonds. The fourth-order valence-electron chi connectivity index (χ4n) is 3.21. The number of carbonyl (C=O) groups excluding carboxylic acids is 1. The minimum absolute atomic E-state index is 0.0191. The monoisotopic (exact) mass is 465 g/mol. The van der Waals surface area contributed by atoms with Gasteiger partial charge < -0.3 is 19.5 Å². The molecule has 12 heteroatoms. The van der Waals surface area contributed by atoms with Crippen LogP contribution in [0.5, 0.6) is 11.5 Å². The molecular formula is C20H23N3O8S. The molecule has 0 bridgehead atoms. The van der Waals surface area contributed by atoms with Gasteiger partial charge >= 0.3 is 0 Å². The van der Waals surface area contributed by atoms with Gasteiger partial charge in [-0.25, -0.2) is 13.1 Å². The molecule has 0 saturated carbocycles. The molecule has 0 spiro atoms. The van der Waals surface area contributed by atoms with Crippen molar-refractivity contribution in [1.82, 2.24) is 4.72 Å². The Labute approximate surface area is 184 Å². The lowest BCUT2D eigenvalue weighted by Gasteiger charge is -2.12. The van der Waals surface area contributed by atoms with E-state index in [1.807, 2.05) is 0 Å². The van der Waals surface area contributed by atoms with Crippen LogP contribution in [0.1, 0.15) is 23.2 Å². The number of nitrogens with one attached hydrogen (secondary N) is 2. The topological polar surface area (TPSA) is 146 Å².